The third-order valence-electron chi connectivity index (χ3n) is 3.68. The Hall–Kier alpha value is -2.50. The summed E-state index contributed by atoms with van der Waals surface area (Å²) in [7, 11) is 4.10. The van der Waals surface area contributed by atoms with Crippen LogP contribution in [0.3, 0.4) is 0 Å². The zero-order valence-corrected chi connectivity index (χ0v) is 15.0. The van der Waals surface area contributed by atoms with Crippen molar-refractivity contribution in [1.29, 1.82) is 0 Å². The van der Waals surface area contributed by atoms with Crippen LogP contribution in [-0.4, -0.2) is 40.6 Å². The highest BCUT2D eigenvalue weighted by atomic mass is 16.5. The summed E-state index contributed by atoms with van der Waals surface area (Å²) >= 11 is 0. The molecule has 0 unspecified atom stereocenters. The van der Waals surface area contributed by atoms with Gasteiger partial charge in [-0.15, -0.1) is 0 Å². The van der Waals surface area contributed by atoms with E-state index in [9.17, 15) is 0 Å². The molecular weight excluding hydrogens is 302 g/mol. The maximum Gasteiger partial charge on any atom is 0.218 e. The zero-order valence-electron chi connectivity index (χ0n) is 15.0. The third kappa shape index (κ3) is 4.75. The number of ether oxygens (including phenoxy) is 1. The number of rotatable bonds is 7. The molecule has 6 heteroatoms. The number of aliphatic imine (C=N–C) groups is 1. The molecule has 0 saturated carbocycles. The fourth-order valence-corrected chi connectivity index (χ4v) is 2.42. The number of aryl methyl sites for hydroxylation is 1. The summed E-state index contributed by atoms with van der Waals surface area (Å²) in [5.41, 5.74) is 2.22. The summed E-state index contributed by atoms with van der Waals surface area (Å²) < 4.78 is 7.69. The van der Waals surface area contributed by atoms with Crippen molar-refractivity contribution < 1.29 is 4.74 Å². The van der Waals surface area contributed by atoms with Crippen LogP contribution >= 0.6 is 0 Å². The van der Waals surface area contributed by atoms with Gasteiger partial charge in [-0.25, -0.2) is 9.98 Å². The molecule has 2 heterocycles. The lowest BCUT2D eigenvalue weighted by Crippen LogP contribution is -2.38. The number of hydrogen-bond acceptors (Lipinski definition) is 3. The predicted octanol–water partition coefficient (Wildman–Crippen LogP) is 2.42. The Morgan fingerprint density at radius 2 is 2.17 bits per heavy atom. The van der Waals surface area contributed by atoms with Crippen LogP contribution in [0, 0.1) is 0 Å². The molecule has 1 N–H and O–H groups in total. The fourth-order valence-electron chi connectivity index (χ4n) is 2.42. The van der Waals surface area contributed by atoms with Gasteiger partial charge < -0.3 is 19.5 Å². The molecule has 0 aliphatic rings. The van der Waals surface area contributed by atoms with Crippen LogP contribution < -0.4 is 10.1 Å². The van der Waals surface area contributed by atoms with Crippen molar-refractivity contribution in [3.63, 3.8) is 0 Å². The van der Waals surface area contributed by atoms with E-state index in [-0.39, 0.29) is 0 Å². The minimum Gasteiger partial charge on any atom is -0.478 e. The molecular formula is C18H27N5O. The Morgan fingerprint density at radius 1 is 1.33 bits per heavy atom. The van der Waals surface area contributed by atoms with Crippen molar-refractivity contribution in [2.24, 2.45) is 12.0 Å². The van der Waals surface area contributed by atoms with Crippen LogP contribution in [0.25, 0.3) is 0 Å². The minimum absolute atomic E-state index is 0.531. The van der Waals surface area contributed by atoms with E-state index in [1.165, 1.54) is 5.69 Å². The number of guanidine groups is 1. The van der Waals surface area contributed by atoms with Gasteiger partial charge >= 0.3 is 0 Å². The van der Waals surface area contributed by atoms with Crippen molar-refractivity contribution in [3.8, 4) is 5.88 Å². The van der Waals surface area contributed by atoms with Gasteiger partial charge in [0.05, 0.1) is 19.7 Å². The first-order valence-electron chi connectivity index (χ1n) is 8.32. The maximum absolute atomic E-state index is 5.57. The van der Waals surface area contributed by atoms with Gasteiger partial charge in [-0.1, -0.05) is 6.07 Å². The highest BCUT2D eigenvalue weighted by Gasteiger charge is 2.09. The van der Waals surface area contributed by atoms with Gasteiger partial charge in [-0.2, -0.15) is 0 Å². The van der Waals surface area contributed by atoms with Crippen LogP contribution in [0.2, 0.25) is 0 Å². The maximum atomic E-state index is 5.57. The summed E-state index contributed by atoms with van der Waals surface area (Å²) in [6.45, 7) is 6.77. The quantitative estimate of drug-likeness (QED) is 0.626. The van der Waals surface area contributed by atoms with Gasteiger partial charge in [0.15, 0.2) is 5.96 Å². The van der Waals surface area contributed by atoms with E-state index < -0.39 is 0 Å². The van der Waals surface area contributed by atoms with Crippen molar-refractivity contribution in [2.45, 2.75) is 26.9 Å². The zero-order chi connectivity index (χ0) is 17.4. The summed E-state index contributed by atoms with van der Waals surface area (Å²) in [5, 5.41) is 3.34. The second-order valence-electron chi connectivity index (χ2n) is 5.54. The van der Waals surface area contributed by atoms with Crippen molar-refractivity contribution in [1.82, 2.24) is 19.8 Å². The SMILES string of the molecule is CCNC(=NCc1cccnc1OCC)N(C)Cc1cccn1C. The fraction of sp³-hybridized carbons (Fsp3) is 0.444. The van der Waals surface area contributed by atoms with E-state index in [1.807, 2.05) is 26.1 Å². The molecule has 2 aromatic rings. The molecule has 130 valence electrons. The van der Waals surface area contributed by atoms with E-state index in [4.69, 9.17) is 9.73 Å². The molecule has 0 radical (unpaired) electrons. The summed E-state index contributed by atoms with van der Waals surface area (Å²) in [6.07, 6.45) is 3.79. The van der Waals surface area contributed by atoms with E-state index in [2.05, 4.69) is 52.1 Å². The number of nitrogens with zero attached hydrogens (tertiary/aromatic N) is 4. The Morgan fingerprint density at radius 3 is 2.83 bits per heavy atom. The lowest BCUT2D eigenvalue weighted by atomic mass is 10.3. The van der Waals surface area contributed by atoms with E-state index in [0.717, 1.165) is 24.6 Å². The Bertz CT molecular complexity index is 665. The van der Waals surface area contributed by atoms with Crippen LogP contribution in [0.1, 0.15) is 25.1 Å². The summed E-state index contributed by atoms with van der Waals surface area (Å²) in [6, 6.07) is 8.09. The van der Waals surface area contributed by atoms with Gasteiger partial charge in [0.2, 0.25) is 5.88 Å². The normalized spacial score (nSPS) is 11.4. The Balaban J connectivity index is 2.11. The highest BCUT2D eigenvalue weighted by Crippen LogP contribution is 2.15. The predicted molar refractivity (Wildman–Crippen MR) is 97.1 cm³/mol. The molecule has 0 bridgehead atoms. The first-order chi connectivity index (χ1) is 11.7. The molecule has 0 amide bonds. The van der Waals surface area contributed by atoms with Crippen molar-refractivity contribution >= 4 is 5.96 Å². The second-order valence-corrected chi connectivity index (χ2v) is 5.54. The van der Waals surface area contributed by atoms with E-state index >= 15 is 0 Å². The van der Waals surface area contributed by atoms with Crippen molar-refractivity contribution in [2.75, 3.05) is 20.2 Å². The average molecular weight is 329 g/mol. The molecule has 24 heavy (non-hydrogen) atoms. The lowest BCUT2D eigenvalue weighted by molar-refractivity contribution is 0.323. The minimum atomic E-state index is 0.531. The molecule has 0 spiro atoms. The molecule has 0 atom stereocenters. The molecule has 6 nitrogen and oxygen atoms in total. The average Bonchev–Trinajstić information content (AvgIpc) is 2.98. The van der Waals surface area contributed by atoms with Crippen LogP contribution in [-0.2, 0) is 20.1 Å². The van der Waals surface area contributed by atoms with Crippen LogP contribution in [0.5, 0.6) is 5.88 Å². The first kappa shape index (κ1) is 17.8. The molecule has 2 rings (SSSR count). The molecule has 0 aliphatic heterocycles. The van der Waals surface area contributed by atoms with Crippen LogP contribution in [0.4, 0.5) is 0 Å². The molecule has 0 fully saturated rings. The van der Waals surface area contributed by atoms with Gasteiger partial charge in [0.1, 0.15) is 0 Å². The third-order valence-corrected chi connectivity index (χ3v) is 3.68. The summed E-state index contributed by atoms with van der Waals surface area (Å²) in [5.74, 6) is 1.52. The first-order valence-corrected chi connectivity index (χ1v) is 8.32. The molecule has 0 aromatic carbocycles. The van der Waals surface area contributed by atoms with Gasteiger partial charge in [0.25, 0.3) is 0 Å². The number of aromatic nitrogens is 2. The standard InChI is InChI=1S/C18H27N5O/c1-5-19-18(23(4)14-16-10-8-12-22(16)3)21-13-15-9-7-11-20-17(15)24-6-2/h7-12H,5-6,13-14H2,1-4H3,(H,19,21). The summed E-state index contributed by atoms with van der Waals surface area (Å²) in [4.78, 5) is 11.1. The van der Waals surface area contributed by atoms with Crippen LogP contribution in [0.15, 0.2) is 41.7 Å². The molecule has 0 aliphatic carbocycles. The Kier molecular flexibility index (Phi) is 6.66. The lowest BCUT2D eigenvalue weighted by Gasteiger charge is -2.22. The second kappa shape index (κ2) is 8.96. The highest BCUT2D eigenvalue weighted by molar-refractivity contribution is 5.79. The smallest absolute Gasteiger partial charge is 0.218 e. The molecule has 2 aromatic heterocycles. The topological polar surface area (TPSA) is 54.7 Å². The monoisotopic (exact) mass is 329 g/mol. The van der Waals surface area contributed by atoms with E-state index in [1.54, 1.807) is 6.20 Å². The Labute approximate surface area is 144 Å². The number of nitrogens with one attached hydrogen (secondary N) is 1. The number of pyridine rings is 1. The largest absolute Gasteiger partial charge is 0.478 e. The number of hydrogen-bond donors (Lipinski definition) is 1. The molecule has 0 saturated heterocycles. The van der Waals surface area contributed by atoms with Gasteiger partial charge in [-0.05, 0) is 32.0 Å². The van der Waals surface area contributed by atoms with E-state index in [0.29, 0.717) is 19.0 Å². The van der Waals surface area contributed by atoms with Gasteiger partial charge in [0, 0.05) is 44.3 Å². The van der Waals surface area contributed by atoms with Crippen molar-refractivity contribution in [3.05, 3.63) is 47.9 Å². The van der Waals surface area contributed by atoms with Gasteiger partial charge in [-0.3, -0.25) is 0 Å².